The van der Waals surface area contributed by atoms with Gasteiger partial charge in [-0.1, -0.05) is 18.2 Å². The summed E-state index contributed by atoms with van der Waals surface area (Å²) in [5.74, 6) is -0.284. The van der Waals surface area contributed by atoms with Gasteiger partial charge in [0.2, 0.25) is 10.7 Å². The second kappa shape index (κ2) is 5.81. The highest BCUT2D eigenvalue weighted by molar-refractivity contribution is 7.99. The molecule has 4 aromatic rings. The molecule has 0 N–H and O–H groups in total. The Labute approximate surface area is 143 Å². The minimum Gasteiger partial charge on any atom is -0.358 e. The molecule has 0 aliphatic rings. The number of nitrogens with zero attached hydrogens (tertiary/aromatic N) is 5. The van der Waals surface area contributed by atoms with Crippen molar-refractivity contribution >= 4 is 34.3 Å². The van der Waals surface area contributed by atoms with E-state index < -0.39 is 11.5 Å². The third-order valence-corrected chi connectivity index (χ3v) is 4.53. The van der Waals surface area contributed by atoms with Crippen LogP contribution in [0.1, 0.15) is 6.55 Å². The molecular weight excluding hydrogens is 352 g/mol. The molecule has 0 amide bonds. The first kappa shape index (κ1) is 15.5. The third-order valence-electron chi connectivity index (χ3n) is 3.59. The molecule has 0 saturated carbocycles. The van der Waals surface area contributed by atoms with E-state index in [9.17, 15) is 18.9 Å². The number of halogens is 2. The molecule has 1 aromatic carbocycles. The van der Waals surface area contributed by atoms with Crippen LogP contribution in [-0.4, -0.2) is 23.9 Å². The molecule has 0 saturated heterocycles. The first-order valence-electron chi connectivity index (χ1n) is 7.10. The number of nitro groups is 1. The molecule has 126 valence electrons. The zero-order chi connectivity index (χ0) is 17.6. The standard InChI is InChI=1S/C15H9F2N5O2S/c16-14(17)21-10-6-2-1-5-9(10)18-15(21)25-12-13(22(23)24)20-8-4-3-7-11(20)19-12/h1-8,14H. The van der Waals surface area contributed by atoms with E-state index in [0.717, 1.165) is 16.3 Å². The summed E-state index contributed by atoms with van der Waals surface area (Å²) in [6.45, 7) is -2.83. The molecule has 0 aliphatic heterocycles. The Morgan fingerprint density at radius 1 is 1.12 bits per heavy atom. The van der Waals surface area contributed by atoms with E-state index in [0.29, 0.717) is 11.2 Å². The highest BCUT2D eigenvalue weighted by Gasteiger charge is 2.27. The van der Waals surface area contributed by atoms with Crippen LogP contribution in [0.15, 0.2) is 58.8 Å². The highest BCUT2D eigenvalue weighted by atomic mass is 32.2. The Kier molecular flexibility index (Phi) is 3.61. The van der Waals surface area contributed by atoms with Gasteiger partial charge in [-0.25, -0.2) is 4.98 Å². The van der Waals surface area contributed by atoms with Crippen LogP contribution in [-0.2, 0) is 0 Å². The first-order chi connectivity index (χ1) is 12.1. The number of benzene rings is 1. The number of para-hydroxylation sites is 2. The first-order valence-corrected chi connectivity index (χ1v) is 7.92. The zero-order valence-electron chi connectivity index (χ0n) is 12.4. The second-order valence-corrected chi connectivity index (χ2v) is 6.02. The van der Waals surface area contributed by atoms with E-state index in [1.54, 1.807) is 36.4 Å². The summed E-state index contributed by atoms with van der Waals surface area (Å²) in [5, 5.41) is 11.4. The lowest BCUT2D eigenvalue weighted by Crippen LogP contribution is -2.00. The van der Waals surface area contributed by atoms with E-state index in [1.165, 1.54) is 16.7 Å². The van der Waals surface area contributed by atoms with Crippen LogP contribution < -0.4 is 0 Å². The van der Waals surface area contributed by atoms with Crippen LogP contribution in [0.2, 0.25) is 0 Å². The minimum atomic E-state index is -2.83. The zero-order valence-corrected chi connectivity index (χ0v) is 13.2. The van der Waals surface area contributed by atoms with Crippen molar-refractivity contribution in [1.82, 2.24) is 18.9 Å². The molecule has 3 heterocycles. The summed E-state index contributed by atoms with van der Waals surface area (Å²) in [6, 6.07) is 11.4. The normalized spacial score (nSPS) is 11.6. The molecule has 25 heavy (non-hydrogen) atoms. The maximum atomic E-state index is 13.5. The molecule has 0 atom stereocenters. The number of alkyl halides is 2. The molecule has 0 fully saturated rings. The van der Waals surface area contributed by atoms with Gasteiger partial charge in [-0.2, -0.15) is 18.2 Å². The number of pyridine rings is 1. The predicted octanol–water partition coefficient (Wildman–Crippen LogP) is 4.14. The van der Waals surface area contributed by atoms with Crippen molar-refractivity contribution in [2.75, 3.05) is 0 Å². The van der Waals surface area contributed by atoms with Gasteiger partial charge in [-0.05, 0) is 34.9 Å². The largest absolute Gasteiger partial charge is 0.362 e. The Hall–Kier alpha value is -3.01. The summed E-state index contributed by atoms with van der Waals surface area (Å²) in [7, 11) is 0. The average Bonchev–Trinajstić information content (AvgIpc) is 3.12. The molecule has 7 nitrogen and oxygen atoms in total. The Morgan fingerprint density at radius 2 is 1.88 bits per heavy atom. The molecule has 0 bridgehead atoms. The molecule has 3 aromatic heterocycles. The van der Waals surface area contributed by atoms with E-state index in [2.05, 4.69) is 9.97 Å². The lowest BCUT2D eigenvalue weighted by Gasteiger charge is -2.05. The van der Waals surface area contributed by atoms with Crippen molar-refractivity contribution in [3.05, 3.63) is 58.8 Å². The fourth-order valence-electron chi connectivity index (χ4n) is 2.57. The van der Waals surface area contributed by atoms with Crippen LogP contribution in [0, 0.1) is 10.1 Å². The lowest BCUT2D eigenvalue weighted by molar-refractivity contribution is -0.393. The topological polar surface area (TPSA) is 78.3 Å². The van der Waals surface area contributed by atoms with Gasteiger partial charge in [0, 0.05) is 6.07 Å². The molecule has 0 spiro atoms. The summed E-state index contributed by atoms with van der Waals surface area (Å²) < 4.78 is 29.1. The van der Waals surface area contributed by atoms with Crippen molar-refractivity contribution in [2.45, 2.75) is 16.7 Å². The van der Waals surface area contributed by atoms with Crippen LogP contribution in [0.5, 0.6) is 0 Å². The van der Waals surface area contributed by atoms with Gasteiger partial charge in [-0.15, -0.1) is 0 Å². The number of hydrogen-bond donors (Lipinski definition) is 0. The third kappa shape index (κ3) is 2.50. The van der Waals surface area contributed by atoms with Gasteiger partial charge in [0.05, 0.1) is 17.2 Å². The molecule has 4 rings (SSSR count). The summed E-state index contributed by atoms with van der Waals surface area (Å²) >= 11 is 0.747. The van der Waals surface area contributed by atoms with E-state index in [4.69, 9.17) is 0 Å². The number of imidazole rings is 2. The molecule has 10 heteroatoms. The van der Waals surface area contributed by atoms with Crippen molar-refractivity contribution in [2.24, 2.45) is 0 Å². The van der Waals surface area contributed by atoms with Crippen molar-refractivity contribution in [3.63, 3.8) is 0 Å². The van der Waals surface area contributed by atoms with Gasteiger partial charge >= 0.3 is 12.4 Å². The molecule has 0 aliphatic carbocycles. The van der Waals surface area contributed by atoms with E-state index in [1.807, 2.05) is 0 Å². The Morgan fingerprint density at radius 3 is 2.64 bits per heavy atom. The number of fused-ring (bicyclic) bond motifs is 2. The number of hydrogen-bond acceptors (Lipinski definition) is 5. The quantitative estimate of drug-likeness (QED) is 0.403. The van der Waals surface area contributed by atoms with Gasteiger partial charge in [0.25, 0.3) is 0 Å². The maximum Gasteiger partial charge on any atom is 0.362 e. The summed E-state index contributed by atoms with van der Waals surface area (Å²) in [5.41, 5.74) is 1.000. The number of aromatic nitrogens is 4. The van der Waals surface area contributed by atoms with Crippen LogP contribution >= 0.6 is 11.8 Å². The van der Waals surface area contributed by atoms with Gasteiger partial charge < -0.3 is 10.1 Å². The van der Waals surface area contributed by atoms with Crippen molar-refractivity contribution in [1.29, 1.82) is 0 Å². The maximum absolute atomic E-state index is 13.5. The summed E-state index contributed by atoms with van der Waals surface area (Å²) in [6.07, 6.45) is 1.50. The van der Waals surface area contributed by atoms with E-state index in [-0.39, 0.29) is 21.5 Å². The minimum absolute atomic E-state index is 0.00778. The Balaban J connectivity index is 1.90. The Bertz CT molecular complexity index is 1110. The predicted molar refractivity (Wildman–Crippen MR) is 87.0 cm³/mol. The van der Waals surface area contributed by atoms with Crippen LogP contribution in [0.25, 0.3) is 16.7 Å². The van der Waals surface area contributed by atoms with Crippen molar-refractivity contribution < 1.29 is 13.7 Å². The second-order valence-electron chi connectivity index (χ2n) is 5.06. The summed E-state index contributed by atoms with van der Waals surface area (Å²) in [4.78, 5) is 19.2. The molecule has 0 radical (unpaired) electrons. The fourth-order valence-corrected chi connectivity index (χ4v) is 3.56. The van der Waals surface area contributed by atoms with Crippen LogP contribution in [0.3, 0.4) is 0 Å². The van der Waals surface area contributed by atoms with Gasteiger partial charge in [0.15, 0.2) is 5.16 Å². The number of rotatable bonds is 4. The lowest BCUT2D eigenvalue weighted by atomic mass is 10.3. The molecule has 0 unspecified atom stereocenters. The monoisotopic (exact) mass is 361 g/mol. The molecular formula is C15H9F2N5O2S. The van der Waals surface area contributed by atoms with Gasteiger partial charge in [0.1, 0.15) is 0 Å². The van der Waals surface area contributed by atoms with E-state index >= 15 is 0 Å². The average molecular weight is 361 g/mol. The SMILES string of the molecule is O=[N+]([O-])c1c(Sc2nc3ccccc3n2C(F)F)nc2ccccn12. The fraction of sp³-hybridized carbons (Fsp3) is 0.0667. The highest BCUT2D eigenvalue weighted by Crippen LogP contribution is 2.37. The van der Waals surface area contributed by atoms with Crippen molar-refractivity contribution in [3.8, 4) is 0 Å². The van der Waals surface area contributed by atoms with Gasteiger partial charge in [-0.3, -0.25) is 4.57 Å². The smallest absolute Gasteiger partial charge is 0.358 e. The van der Waals surface area contributed by atoms with Crippen LogP contribution in [0.4, 0.5) is 14.6 Å².